The highest BCUT2D eigenvalue weighted by molar-refractivity contribution is 6.13. The number of nitrogens with zero attached hydrogens (tertiary/aromatic N) is 4. The summed E-state index contributed by atoms with van der Waals surface area (Å²) in [6, 6.07) is 6.39. The van der Waals surface area contributed by atoms with Gasteiger partial charge in [-0.25, -0.2) is 4.98 Å². The molecule has 3 rings (SSSR count). The van der Waals surface area contributed by atoms with E-state index in [1.54, 1.807) is 37.5 Å². The normalized spacial score (nSPS) is 20.2. The van der Waals surface area contributed by atoms with Crippen LogP contribution in [0.3, 0.4) is 0 Å². The van der Waals surface area contributed by atoms with Crippen LogP contribution in [0.2, 0.25) is 0 Å². The first kappa shape index (κ1) is 22.3. The van der Waals surface area contributed by atoms with Crippen molar-refractivity contribution in [2.24, 2.45) is 10.7 Å². The molecule has 1 fully saturated rings. The molecule has 0 saturated carbocycles. The molecule has 11 heteroatoms. The Hall–Kier alpha value is -3.34. The van der Waals surface area contributed by atoms with Gasteiger partial charge in [-0.1, -0.05) is 6.07 Å². The molecule has 2 unspecified atom stereocenters. The summed E-state index contributed by atoms with van der Waals surface area (Å²) in [4.78, 5) is 14.0. The van der Waals surface area contributed by atoms with Crippen molar-refractivity contribution in [3.05, 3.63) is 47.4 Å². The zero-order valence-corrected chi connectivity index (χ0v) is 16.8. The summed E-state index contributed by atoms with van der Waals surface area (Å²) < 4.78 is 39.7. The Bertz CT molecular complexity index is 1020. The van der Waals surface area contributed by atoms with E-state index < -0.39 is 24.2 Å². The predicted molar refractivity (Wildman–Crippen MR) is 115 cm³/mol. The summed E-state index contributed by atoms with van der Waals surface area (Å²) in [6.07, 6.45) is -0.628. The number of halogens is 3. The number of alkyl halides is 3. The van der Waals surface area contributed by atoms with Crippen molar-refractivity contribution < 1.29 is 13.2 Å². The Morgan fingerprint density at radius 2 is 2.13 bits per heavy atom. The molecule has 0 bridgehead atoms. The fraction of sp³-hybridized carbons (Fsp3) is 0.350. The van der Waals surface area contributed by atoms with Crippen molar-refractivity contribution in [1.82, 2.24) is 9.97 Å². The van der Waals surface area contributed by atoms with Crippen LogP contribution in [-0.4, -0.2) is 60.0 Å². The Labute approximate surface area is 177 Å². The number of nitrogens with two attached hydrogens (primary N) is 2. The highest BCUT2D eigenvalue weighted by Gasteiger charge is 2.55. The van der Waals surface area contributed by atoms with Gasteiger partial charge in [0.1, 0.15) is 11.4 Å². The van der Waals surface area contributed by atoms with Crippen molar-refractivity contribution in [2.45, 2.75) is 24.1 Å². The number of hydrogen-bond acceptors (Lipinski definition) is 8. The van der Waals surface area contributed by atoms with Crippen LogP contribution in [-0.2, 0) is 0 Å². The summed E-state index contributed by atoms with van der Waals surface area (Å²) in [7, 11) is 1.58. The first-order valence-electron chi connectivity index (χ1n) is 9.45. The van der Waals surface area contributed by atoms with Crippen LogP contribution in [0, 0.1) is 10.8 Å². The van der Waals surface area contributed by atoms with Gasteiger partial charge in [-0.05, 0) is 24.6 Å². The molecule has 1 aliphatic rings. The molecule has 0 aliphatic carbocycles. The first-order chi connectivity index (χ1) is 14.6. The van der Waals surface area contributed by atoms with E-state index in [2.05, 4.69) is 15.0 Å². The molecule has 2 aromatic heterocycles. The molecule has 0 spiro atoms. The van der Waals surface area contributed by atoms with E-state index in [1.165, 1.54) is 17.3 Å². The second-order valence-electron chi connectivity index (χ2n) is 7.38. The monoisotopic (exact) mass is 432 g/mol. The maximum Gasteiger partial charge on any atom is 0.408 e. The molecule has 3 heterocycles. The topological polar surface area (TPSA) is 141 Å². The zero-order chi connectivity index (χ0) is 22.8. The number of aromatic nitrogens is 2. The van der Waals surface area contributed by atoms with Gasteiger partial charge in [-0.15, -0.1) is 0 Å². The van der Waals surface area contributed by atoms with E-state index in [9.17, 15) is 13.2 Å². The third-order valence-corrected chi connectivity index (χ3v) is 5.24. The number of anilines is 2. The molecule has 0 radical (unpaired) electrons. The third-order valence-electron chi connectivity index (χ3n) is 5.24. The maximum absolute atomic E-state index is 13.2. The number of rotatable bonds is 6. The maximum atomic E-state index is 13.2. The van der Waals surface area contributed by atoms with Gasteiger partial charge in [0.05, 0.1) is 34.9 Å². The van der Waals surface area contributed by atoms with Gasteiger partial charge < -0.3 is 21.8 Å². The smallest absolute Gasteiger partial charge is 0.397 e. The van der Waals surface area contributed by atoms with Gasteiger partial charge in [-0.2, -0.15) is 13.2 Å². The number of hydrogen-bond donors (Lipinski definition) is 4. The summed E-state index contributed by atoms with van der Waals surface area (Å²) in [6.45, 7) is -0.294. The van der Waals surface area contributed by atoms with Gasteiger partial charge in [-0.3, -0.25) is 15.4 Å². The molecule has 1 aliphatic heterocycles. The van der Waals surface area contributed by atoms with E-state index >= 15 is 0 Å². The average Bonchev–Trinajstić information content (AvgIpc) is 3.16. The van der Waals surface area contributed by atoms with Gasteiger partial charge in [0.2, 0.25) is 0 Å². The summed E-state index contributed by atoms with van der Waals surface area (Å²) in [5, 5.41) is 16.1. The first-order valence-corrected chi connectivity index (χ1v) is 9.45. The highest BCUT2D eigenvalue weighted by atomic mass is 19.4. The summed E-state index contributed by atoms with van der Waals surface area (Å²) >= 11 is 0. The summed E-state index contributed by atoms with van der Waals surface area (Å²) in [5.41, 5.74) is 10.6. The average molecular weight is 432 g/mol. The minimum atomic E-state index is -4.51. The lowest BCUT2D eigenvalue weighted by Crippen LogP contribution is -2.55. The van der Waals surface area contributed by atoms with E-state index in [4.69, 9.17) is 22.3 Å². The number of nitrogens with one attached hydrogen (secondary N) is 2. The highest BCUT2D eigenvalue weighted by Crippen LogP contribution is 2.37. The minimum Gasteiger partial charge on any atom is -0.397 e. The van der Waals surface area contributed by atoms with E-state index in [0.29, 0.717) is 17.1 Å². The van der Waals surface area contributed by atoms with Crippen LogP contribution in [0.5, 0.6) is 0 Å². The summed E-state index contributed by atoms with van der Waals surface area (Å²) in [5.74, 6) is -0.164. The van der Waals surface area contributed by atoms with Crippen molar-refractivity contribution in [3.63, 3.8) is 0 Å². The zero-order valence-electron chi connectivity index (χ0n) is 16.8. The minimum absolute atomic E-state index is 0.00537. The number of nitrogen functional groups attached to an aromatic ring is 1. The van der Waals surface area contributed by atoms with E-state index in [1.807, 2.05) is 0 Å². The lowest BCUT2D eigenvalue weighted by molar-refractivity contribution is -0.179. The quantitative estimate of drug-likeness (QED) is 0.519. The number of pyridine rings is 2. The Balaban J connectivity index is 1.90. The van der Waals surface area contributed by atoms with Crippen LogP contribution in [0.1, 0.15) is 29.3 Å². The molecule has 0 amide bonds. The van der Waals surface area contributed by atoms with E-state index in [-0.39, 0.29) is 30.1 Å². The molecule has 31 heavy (non-hydrogen) atoms. The molecule has 1 saturated heterocycles. The Morgan fingerprint density at radius 3 is 2.74 bits per heavy atom. The molecule has 6 N–H and O–H groups in total. The lowest BCUT2D eigenvalue weighted by Gasteiger charge is -2.27. The van der Waals surface area contributed by atoms with Gasteiger partial charge in [0, 0.05) is 38.1 Å². The van der Waals surface area contributed by atoms with Gasteiger partial charge >= 0.3 is 6.18 Å². The van der Waals surface area contributed by atoms with Crippen molar-refractivity contribution in [3.8, 4) is 0 Å². The Kier molecular flexibility index (Phi) is 6.07. The fourth-order valence-corrected chi connectivity index (χ4v) is 3.38. The predicted octanol–water partition coefficient (Wildman–Crippen LogP) is 2.38. The number of aliphatic imine (C=N–C) groups is 1. The van der Waals surface area contributed by atoms with Crippen LogP contribution in [0.25, 0.3) is 0 Å². The van der Waals surface area contributed by atoms with Gasteiger partial charge in [0.15, 0.2) is 0 Å². The molecule has 2 aromatic rings. The second-order valence-corrected chi connectivity index (χ2v) is 7.38. The molecule has 8 nitrogen and oxygen atoms in total. The van der Waals surface area contributed by atoms with Crippen molar-refractivity contribution >= 4 is 29.6 Å². The van der Waals surface area contributed by atoms with E-state index in [0.717, 1.165) is 0 Å². The molecular formula is C20H23F3N8. The van der Waals surface area contributed by atoms with Crippen molar-refractivity contribution in [2.75, 3.05) is 30.8 Å². The SMILES string of the molecule is CN=CC(C=N)c1cc(C(=N)c2cccc(N3CCC(N)(C(F)(F)F)C3)n2)c(N)cn1. The fourth-order valence-electron chi connectivity index (χ4n) is 3.38. The third kappa shape index (κ3) is 4.41. The van der Waals surface area contributed by atoms with Crippen LogP contribution in [0.4, 0.5) is 24.7 Å². The van der Waals surface area contributed by atoms with Crippen LogP contribution < -0.4 is 16.4 Å². The largest absolute Gasteiger partial charge is 0.408 e. The molecule has 2 atom stereocenters. The molecular weight excluding hydrogens is 409 g/mol. The molecule has 164 valence electrons. The standard InChI is InChI=1S/C20H23F3N8/c1-28-9-12(8-24)16-7-13(14(25)10-29-16)18(26)15-3-2-4-17(30-15)31-6-5-19(27,11-31)20(21,22)23/h2-4,7-10,12,24,26H,5-6,11,25,27H2,1H3. The Morgan fingerprint density at radius 1 is 1.39 bits per heavy atom. The van der Waals surface area contributed by atoms with Crippen LogP contribution in [0.15, 0.2) is 35.5 Å². The molecule has 0 aromatic carbocycles. The van der Waals surface area contributed by atoms with Crippen molar-refractivity contribution in [1.29, 1.82) is 10.8 Å². The van der Waals surface area contributed by atoms with Gasteiger partial charge in [0.25, 0.3) is 0 Å². The lowest BCUT2D eigenvalue weighted by atomic mass is 10.00. The van der Waals surface area contributed by atoms with Crippen LogP contribution >= 0.6 is 0 Å². The second kappa shape index (κ2) is 8.42.